The summed E-state index contributed by atoms with van der Waals surface area (Å²) in [5.74, 6) is 1.07. The van der Waals surface area contributed by atoms with Gasteiger partial charge in [0.25, 0.3) is 0 Å². The maximum Gasteiger partial charge on any atom is 0.161 e. The first kappa shape index (κ1) is 18.7. The van der Waals surface area contributed by atoms with E-state index in [1.807, 2.05) is 19.1 Å². The third-order valence-electron chi connectivity index (χ3n) is 3.22. The van der Waals surface area contributed by atoms with Crippen LogP contribution in [0.1, 0.15) is 18.1 Å². The number of nitrogens with zero attached hydrogens (tertiary/aromatic N) is 2. The van der Waals surface area contributed by atoms with E-state index < -0.39 is 0 Å². The fourth-order valence-corrected chi connectivity index (χ4v) is 2.52. The first-order valence-electron chi connectivity index (χ1n) is 7.42. The van der Waals surface area contributed by atoms with E-state index in [1.165, 1.54) is 6.08 Å². The van der Waals surface area contributed by atoms with Gasteiger partial charge in [-0.15, -0.1) is 0 Å². The van der Waals surface area contributed by atoms with Crippen molar-refractivity contribution in [2.75, 3.05) is 6.61 Å². The monoisotopic (exact) mass is 372 g/mol. The predicted molar refractivity (Wildman–Crippen MR) is 97.6 cm³/mol. The van der Waals surface area contributed by atoms with Gasteiger partial charge in [-0.2, -0.15) is 10.5 Å². The molecule has 0 radical (unpaired) electrons. The molecule has 4 nitrogen and oxygen atoms in total. The van der Waals surface area contributed by atoms with Crippen molar-refractivity contribution in [3.63, 3.8) is 0 Å². The standard InChI is InChI=1S/C19H14Cl2N2O2/c1-2-24-19-8-13(7-14(10-22)11-23)3-6-18(19)25-12-15-4-5-16(20)9-17(15)21/h3-9H,2,12H2,1H3. The maximum atomic E-state index is 8.85. The van der Waals surface area contributed by atoms with Crippen LogP contribution in [0.15, 0.2) is 42.0 Å². The van der Waals surface area contributed by atoms with Gasteiger partial charge in [-0.3, -0.25) is 0 Å². The first-order valence-corrected chi connectivity index (χ1v) is 8.18. The quantitative estimate of drug-likeness (QED) is 0.636. The summed E-state index contributed by atoms with van der Waals surface area (Å²) in [6, 6.07) is 14.0. The molecule has 6 heteroatoms. The largest absolute Gasteiger partial charge is 0.490 e. The molecule has 0 aliphatic heterocycles. The van der Waals surface area contributed by atoms with Crippen molar-refractivity contribution >= 4 is 29.3 Å². The number of allylic oxidation sites excluding steroid dienone is 1. The second-order valence-electron chi connectivity index (χ2n) is 4.95. The van der Waals surface area contributed by atoms with Gasteiger partial charge in [-0.1, -0.05) is 35.3 Å². The lowest BCUT2D eigenvalue weighted by Crippen LogP contribution is -2.00. The van der Waals surface area contributed by atoms with Gasteiger partial charge >= 0.3 is 0 Å². The summed E-state index contributed by atoms with van der Waals surface area (Å²) in [4.78, 5) is 0. The summed E-state index contributed by atoms with van der Waals surface area (Å²) < 4.78 is 11.4. The Bertz CT molecular complexity index is 864. The van der Waals surface area contributed by atoms with E-state index in [4.69, 9.17) is 43.2 Å². The number of hydrogen-bond acceptors (Lipinski definition) is 4. The molecule has 0 atom stereocenters. The van der Waals surface area contributed by atoms with Gasteiger partial charge in [0.15, 0.2) is 11.5 Å². The van der Waals surface area contributed by atoms with Crippen LogP contribution in [0.2, 0.25) is 10.0 Å². The molecule has 0 fully saturated rings. The van der Waals surface area contributed by atoms with Crippen molar-refractivity contribution in [3.05, 3.63) is 63.1 Å². The van der Waals surface area contributed by atoms with Gasteiger partial charge in [0, 0.05) is 15.6 Å². The topological polar surface area (TPSA) is 66.0 Å². The number of benzene rings is 2. The number of rotatable bonds is 6. The molecule has 0 N–H and O–H groups in total. The second-order valence-corrected chi connectivity index (χ2v) is 5.79. The average Bonchev–Trinajstić information content (AvgIpc) is 2.60. The highest BCUT2D eigenvalue weighted by molar-refractivity contribution is 6.35. The normalized spacial score (nSPS) is 9.64. The fraction of sp³-hybridized carbons (Fsp3) is 0.158. The van der Waals surface area contributed by atoms with Gasteiger partial charge in [0.05, 0.1) is 6.61 Å². The predicted octanol–water partition coefficient (Wildman–Crippen LogP) is 5.40. The van der Waals surface area contributed by atoms with E-state index in [2.05, 4.69) is 0 Å². The molecule has 0 aromatic heterocycles. The summed E-state index contributed by atoms with van der Waals surface area (Å²) in [6.07, 6.45) is 1.49. The van der Waals surface area contributed by atoms with Crippen LogP contribution in [-0.2, 0) is 6.61 Å². The van der Waals surface area contributed by atoms with Crippen molar-refractivity contribution in [2.24, 2.45) is 0 Å². The van der Waals surface area contributed by atoms with E-state index in [-0.39, 0.29) is 12.2 Å². The van der Waals surface area contributed by atoms with Crippen molar-refractivity contribution in [2.45, 2.75) is 13.5 Å². The molecule has 0 amide bonds. The number of nitriles is 2. The van der Waals surface area contributed by atoms with Gasteiger partial charge in [-0.25, -0.2) is 0 Å². The molecule has 126 valence electrons. The van der Waals surface area contributed by atoms with Crippen LogP contribution in [0.25, 0.3) is 6.08 Å². The van der Waals surface area contributed by atoms with Gasteiger partial charge in [-0.05, 0) is 42.8 Å². The minimum atomic E-state index is 0.0177. The molecule has 0 spiro atoms. The summed E-state index contributed by atoms with van der Waals surface area (Å²) in [5.41, 5.74) is 1.50. The molecule has 2 rings (SSSR count). The average molecular weight is 373 g/mol. The van der Waals surface area contributed by atoms with Crippen molar-refractivity contribution in [3.8, 4) is 23.6 Å². The Hall–Kier alpha value is -2.66. The fourth-order valence-electron chi connectivity index (χ4n) is 2.05. The van der Waals surface area contributed by atoms with Gasteiger partial charge in [0.2, 0.25) is 0 Å². The molecule has 0 saturated carbocycles. The lowest BCUT2D eigenvalue weighted by molar-refractivity contribution is 0.269. The van der Waals surface area contributed by atoms with Crippen LogP contribution in [0.3, 0.4) is 0 Å². The molecule has 0 heterocycles. The molecular formula is C19H14Cl2N2O2. The molecule has 0 bridgehead atoms. The smallest absolute Gasteiger partial charge is 0.161 e. The lowest BCUT2D eigenvalue weighted by Gasteiger charge is -2.13. The van der Waals surface area contributed by atoms with E-state index in [9.17, 15) is 0 Å². The molecule has 0 saturated heterocycles. The molecule has 2 aromatic rings. The Morgan fingerprint density at radius 3 is 2.44 bits per heavy atom. The first-order chi connectivity index (χ1) is 12.1. The molecule has 0 unspecified atom stereocenters. The van der Waals surface area contributed by atoms with E-state index in [0.29, 0.717) is 33.7 Å². The second kappa shape index (κ2) is 8.99. The minimum Gasteiger partial charge on any atom is -0.490 e. The maximum absolute atomic E-state index is 8.85. The van der Waals surface area contributed by atoms with Gasteiger partial charge < -0.3 is 9.47 Å². The third-order valence-corrected chi connectivity index (χ3v) is 3.80. The number of hydrogen-bond donors (Lipinski definition) is 0. The molecule has 0 aliphatic carbocycles. The summed E-state index contributed by atoms with van der Waals surface area (Å²) in [5, 5.41) is 18.8. The van der Waals surface area contributed by atoms with Crippen LogP contribution < -0.4 is 9.47 Å². The van der Waals surface area contributed by atoms with Crippen LogP contribution in [0, 0.1) is 22.7 Å². The highest BCUT2D eigenvalue weighted by atomic mass is 35.5. The Morgan fingerprint density at radius 2 is 1.80 bits per heavy atom. The third kappa shape index (κ3) is 5.16. The summed E-state index contributed by atoms with van der Waals surface area (Å²) in [6.45, 7) is 2.57. The van der Waals surface area contributed by atoms with Crippen molar-refractivity contribution in [1.29, 1.82) is 10.5 Å². The molecule has 0 aliphatic rings. The van der Waals surface area contributed by atoms with Gasteiger partial charge in [0.1, 0.15) is 24.3 Å². The van der Waals surface area contributed by atoms with Crippen LogP contribution >= 0.6 is 23.2 Å². The Kier molecular flexibility index (Phi) is 6.71. The SMILES string of the molecule is CCOc1cc(C=C(C#N)C#N)ccc1OCc1ccc(Cl)cc1Cl. The number of halogens is 2. The zero-order valence-corrected chi connectivity index (χ0v) is 14.9. The molecule has 25 heavy (non-hydrogen) atoms. The van der Waals surface area contributed by atoms with E-state index in [0.717, 1.165) is 5.56 Å². The van der Waals surface area contributed by atoms with Crippen molar-refractivity contribution in [1.82, 2.24) is 0 Å². The van der Waals surface area contributed by atoms with E-state index in [1.54, 1.807) is 36.4 Å². The van der Waals surface area contributed by atoms with E-state index >= 15 is 0 Å². The number of ether oxygens (including phenoxy) is 2. The zero-order chi connectivity index (χ0) is 18.2. The van der Waals surface area contributed by atoms with Crippen LogP contribution in [0.4, 0.5) is 0 Å². The summed E-state index contributed by atoms with van der Waals surface area (Å²) >= 11 is 12.0. The molecule has 2 aromatic carbocycles. The Morgan fingerprint density at radius 1 is 1.04 bits per heavy atom. The Balaban J connectivity index is 2.24. The lowest BCUT2D eigenvalue weighted by atomic mass is 10.1. The van der Waals surface area contributed by atoms with Crippen molar-refractivity contribution < 1.29 is 9.47 Å². The Labute approximate surface area is 156 Å². The minimum absolute atomic E-state index is 0.0177. The highest BCUT2D eigenvalue weighted by Crippen LogP contribution is 2.31. The summed E-state index contributed by atoms with van der Waals surface area (Å²) in [7, 11) is 0. The van der Waals surface area contributed by atoms with Crippen LogP contribution in [0.5, 0.6) is 11.5 Å². The molecular weight excluding hydrogens is 359 g/mol. The van der Waals surface area contributed by atoms with Crippen LogP contribution in [-0.4, -0.2) is 6.61 Å². The zero-order valence-electron chi connectivity index (χ0n) is 13.4. The highest BCUT2D eigenvalue weighted by Gasteiger charge is 2.09.